The average Bonchev–Trinajstić information content (AvgIpc) is 3.61. The summed E-state index contributed by atoms with van der Waals surface area (Å²) in [7, 11) is 0. The Morgan fingerprint density at radius 3 is 2.68 bits per heavy atom. The topological polar surface area (TPSA) is 123 Å². The lowest BCUT2D eigenvalue weighted by Crippen LogP contribution is -2.38. The van der Waals surface area contributed by atoms with Crippen molar-refractivity contribution < 1.29 is 4.79 Å². The number of hydrogen-bond donors (Lipinski definition) is 2. The molecule has 0 fully saturated rings. The van der Waals surface area contributed by atoms with Crippen LogP contribution in [0.2, 0.25) is 10.2 Å². The van der Waals surface area contributed by atoms with E-state index in [1.165, 1.54) is 27.2 Å². The fourth-order valence-corrected chi connectivity index (χ4v) is 5.50. The Hall–Kier alpha value is -4.28. The highest BCUT2D eigenvalue weighted by molar-refractivity contribution is 6.31. The van der Waals surface area contributed by atoms with Crippen LogP contribution in [0.5, 0.6) is 0 Å². The maximum atomic E-state index is 13.6. The zero-order chi connectivity index (χ0) is 28.3. The zero-order valence-electron chi connectivity index (χ0n) is 21.9. The number of aromatic amines is 1. The van der Waals surface area contributed by atoms with Gasteiger partial charge < -0.3 is 5.32 Å². The van der Waals surface area contributed by atoms with Crippen LogP contribution in [0.4, 0.5) is 0 Å². The van der Waals surface area contributed by atoms with Gasteiger partial charge in [0.25, 0.3) is 5.56 Å². The first-order valence-electron chi connectivity index (χ1n) is 13.3. The molecule has 3 aromatic heterocycles. The second kappa shape index (κ2) is 11.7. The number of carbonyl (C=O) groups is 1. The van der Waals surface area contributed by atoms with Gasteiger partial charge in [0.05, 0.1) is 36.1 Å². The fraction of sp³-hybridized carbons (Fsp3) is 0.241. The van der Waals surface area contributed by atoms with Crippen molar-refractivity contribution in [3.05, 3.63) is 110 Å². The molecule has 1 atom stereocenters. The first kappa shape index (κ1) is 26.9. The molecule has 3 heterocycles. The van der Waals surface area contributed by atoms with Gasteiger partial charge in [0.2, 0.25) is 5.91 Å². The molecule has 2 aromatic carbocycles. The third kappa shape index (κ3) is 5.79. The van der Waals surface area contributed by atoms with E-state index in [0.29, 0.717) is 28.4 Å². The number of aryl methyl sites for hydroxylation is 1. The van der Waals surface area contributed by atoms with Gasteiger partial charge in [-0.15, -0.1) is 5.10 Å². The third-order valence-electron chi connectivity index (χ3n) is 7.27. The number of benzene rings is 2. The molecule has 6 rings (SSSR count). The zero-order valence-corrected chi connectivity index (χ0v) is 23.4. The molecule has 208 valence electrons. The molecule has 2 N–H and O–H groups in total. The normalized spacial score (nSPS) is 13.5. The van der Waals surface area contributed by atoms with Crippen LogP contribution in [0.1, 0.15) is 41.4 Å². The highest BCUT2D eigenvalue weighted by Gasteiger charge is 2.25. The molecule has 41 heavy (non-hydrogen) atoms. The number of halogens is 2. The molecular formula is C29H26Cl2N8O2. The van der Waals surface area contributed by atoms with Crippen molar-refractivity contribution in [3.63, 3.8) is 0 Å². The highest BCUT2D eigenvalue weighted by atomic mass is 35.5. The van der Waals surface area contributed by atoms with Crippen LogP contribution in [-0.2, 0) is 30.6 Å². The van der Waals surface area contributed by atoms with Crippen molar-refractivity contribution in [2.24, 2.45) is 0 Å². The van der Waals surface area contributed by atoms with E-state index in [4.69, 9.17) is 23.2 Å². The molecule has 10 nitrogen and oxygen atoms in total. The first-order valence-corrected chi connectivity index (χ1v) is 14.0. The lowest BCUT2D eigenvalue weighted by atomic mass is 9.96. The standard InChI is InChI=1S/C29H26Cl2N8O2/c30-19-10-11-25(39-16-27(31)36-37-39)21(13-19)23-14-28(40)38(17-33-23)26(12-18-6-2-1-3-7-18)29(41)32-15-24-20-8-4-5-9-22(20)34-35-24/h1-3,6-7,10-11,13-14,16-17,26H,4-5,8-9,12,15H2,(H,32,41)(H,34,35)/t26-/m0/s1. The number of aromatic nitrogens is 7. The largest absolute Gasteiger partial charge is 0.349 e. The van der Waals surface area contributed by atoms with Crippen molar-refractivity contribution >= 4 is 29.1 Å². The second-order valence-corrected chi connectivity index (χ2v) is 10.7. The Labute approximate surface area is 245 Å². The summed E-state index contributed by atoms with van der Waals surface area (Å²) in [6, 6.07) is 15.3. The lowest BCUT2D eigenvalue weighted by molar-refractivity contribution is -0.124. The molecule has 0 spiro atoms. The van der Waals surface area contributed by atoms with E-state index in [1.807, 2.05) is 30.3 Å². The molecule has 0 aliphatic heterocycles. The number of fused-ring (bicyclic) bond motifs is 1. The van der Waals surface area contributed by atoms with E-state index >= 15 is 0 Å². The SMILES string of the molecule is O=C(NCc1n[nH]c2c1CCCC2)[C@H](Cc1ccccc1)n1cnc(-c2cc(Cl)ccc2-n2cc(Cl)nn2)cc1=O. The van der Waals surface area contributed by atoms with Gasteiger partial charge in [0.1, 0.15) is 6.04 Å². The number of carbonyl (C=O) groups excluding carboxylic acids is 1. The van der Waals surface area contributed by atoms with Crippen molar-refractivity contribution in [1.82, 2.24) is 40.1 Å². The first-order chi connectivity index (χ1) is 20.0. The smallest absolute Gasteiger partial charge is 0.254 e. The van der Waals surface area contributed by atoms with Crippen LogP contribution in [0.15, 0.2) is 71.9 Å². The van der Waals surface area contributed by atoms with Gasteiger partial charge in [-0.25, -0.2) is 9.67 Å². The van der Waals surface area contributed by atoms with Gasteiger partial charge in [-0.1, -0.05) is 58.7 Å². The highest BCUT2D eigenvalue weighted by Crippen LogP contribution is 2.28. The van der Waals surface area contributed by atoms with Gasteiger partial charge in [-0.3, -0.25) is 19.3 Å². The summed E-state index contributed by atoms with van der Waals surface area (Å²) in [6.45, 7) is 0.280. The monoisotopic (exact) mass is 588 g/mol. The molecule has 0 radical (unpaired) electrons. The van der Waals surface area contributed by atoms with Crippen LogP contribution in [0.3, 0.4) is 0 Å². The minimum atomic E-state index is -0.825. The van der Waals surface area contributed by atoms with Gasteiger partial charge in [0, 0.05) is 28.8 Å². The van der Waals surface area contributed by atoms with E-state index in [1.54, 1.807) is 24.4 Å². The van der Waals surface area contributed by atoms with Crippen molar-refractivity contribution in [2.75, 3.05) is 0 Å². The second-order valence-electron chi connectivity index (χ2n) is 9.92. The minimum absolute atomic E-state index is 0.222. The molecular weight excluding hydrogens is 563 g/mol. The van der Waals surface area contributed by atoms with E-state index in [2.05, 4.69) is 30.8 Å². The van der Waals surface area contributed by atoms with Crippen molar-refractivity contribution in [1.29, 1.82) is 0 Å². The molecule has 5 aromatic rings. The van der Waals surface area contributed by atoms with E-state index in [-0.39, 0.29) is 23.2 Å². The van der Waals surface area contributed by atoms with Crippen LogP contribution in [0, 0.1) is 0 Å². The van der Waals surface area contributed by atoms with Gasteiger partial charge >= 0.3 is 0 Å². The Bertz CT molecular complexity index is 1760. The third-order valence-corrected chi connectivity index (χ3v) is 7.67. The summed E-state index contributed by atoms with van der Waals surface area (Å²) in [6.07, 6.45) is 7.42. The summed E-state index contributed by atoms with van der Waals surface area (Å²) in [5, 5.41) is 19.1. The summed E-state index contributed by atoms with van der Waals surface area (Å²) >= 11 is 12.3. The number of nitrogens with zero attached hydrogens (tertiary/aromatic N) is 6. The molecule has 0 saturated heterocycles. The van der Waals surface area contributed by atoms with E-state index in [9.17, 15) is 9.59 Å². The van der Waals surface area contributed by atoms with Crippen LogP contribution in [-0.4, -0.2) is 40.6 Å². The number of amides is 1. The Morgan fingerprint density at radius 2 is 1.90 bits per heavy atom. The summed E-state index contributed by atoms with van der Waals surface area (Å²) in [5.41, 5.74) is 5.24. The molecule has 1 amide bonds. The van der Waals surface area contributed by atoms with Crippen molar-refractivity contribution in [3.8, 4) is 16.9 Å². The lowest BCUT2D eigenvalue weighted by Gasteiger charge is -2.20. The predicted molar refractivity (Wildman–Crippen MR) is 155 cm³/mol. The summed E-state index contributed by atoms with van der Waals surface area (Å²) in [5.74, 6) is -0.293. The number of hydrogen-bond acceptors (Lipinski definition) is 6. The number of nitrogens with one attached hydrogen (secondary N) is 2. The molecule has 1 aliphatic carbocycles. The number of H-pyrrole nitrogens is 1. The van der Waals surface area contributed by atoms with Crippen LogP contribution in [0.25, 0.3) is 16.9 Å². The quantitative estimate of drug-likeness (QED) is 0.275. The van der Waals surface area contributed by atoms with E-state index in [0.717, 1.165) is 42.6 Å². The molecule has 0 saturated carbocycles. The maximum absolute atomic E-state index is 13.6. The Kier molecular flexibility index (Phi) is 7.67. The molecule has 0 bridgehead atoms. The van der Waals surface area contributed by atoms with Crippen molar-refractivity contribution in [2.45, 2.75) is 44.7 Å². The minimum Gasteiger partial charge on any atom is -0.349 e. The fourth-order valence-electron chi connectivity index (χ4n) is 5.21. The number of rotatable bonds is 8. The maximum Gasteiger partial charge on any atom is 0.254 e. The van der Waals surface area contributed by atoms with Gasteiger partial charge in [-0.2, -0.15) is 5.10 Å². The van der Waals surface area contributed by atoms with Crippen LogP contribution >= 0.6 is 23.2 Å². The summed E-state index contributed by atoms with van der Waals surface area (Å²) < 4.78 is 2.85. The predicted octanol–water partition coefficient (Wildman–Crippen LogP) is 4.50. The van der Waals surface area contributed by atoms with Gasteiger partial charge in [0.15, 0.2) is 5.15 Å². The molecule has 1 aliphatic rings. The Morgan fingerprint density at radius 1 is 1.07 bits per heavy atom. The molecule has 12 heteroatoms. The Balaban J connectivity index is 1.32. The average molecular weight is 589 g/mol. The summed E-state index contributed by atoms with van der Waals surface area (Å²) in [4.78, 5) is 31.7. The van der Waals surface area contributed by atoms with Gasteiger partial charge in [-0.05, 0) is 55.0 Å². The van der Waals surface area contributed by atoms with Crippen LogP contribution < -0.4 is 10.9 Å². The van der Waals surface area contributed by atoms with E-state index < -0.39 is 6.04 Å². The molecule has 0 unspecified atom stereocenters.